The van der Waals surface area contributed by atoms with E-state index in [4.69, 9.17) is 0 Å². The van der Waals surface area contributed by atoms with Crippen molar-refractivity contribution in [1.82, 2.24) is 5.32 Å². The first-order valence-corrected chi connectivity index (χ1v) is 8.32. The summed E-state index contributed by atoms with van der Waals surface area (Å²) in [5.74, 6) is 0.0163. The molecule has 0 aliphatic rings. The molecule has 0 atom stereocenters. The largest absolute Gasteiger partial charge is 0.351 e. The summed E-state index contributed by atoms with van der Waals surface area (Å²) in [5.41, 5.74) is 0.882. The third-order valence-corrected chi connectivity index (χ3v) is 4.04. The molecule has 0 saturated heterocycles. The van der Waals surface area contributed by atoms with Crippen molar-refractivity contribution in [1.29, 1.82) is 0 Å². The first kappa shape index (κ1) is 15.6. The van der Waals surface area contributed by atoms with Crippen LogP contribution < -0.4 is 5.32 Å². The number of halogens is 1. The van der Waals surface area contributed by atoms with Crippen LogP contribution >= 0.6 is 27.7 Å². The van der Waals surface area contributed by atoms with E-state index in [9.17, 15) is 4.79 Å². The van der Waals surface area contributed by atoms with Gasteiger partial charge in [0.25, 0.3) is 5.91 Å². The Morgan fingerprint density at radius 1 is 1.39 bits per heavy atom. The van der Waals surface area contributed by atoms with Crippen molar-refractivity contribution in [3.8, 4) is 0 Å². The minimum atomic E-state index is 0.0163. The zero-order chi connectivity index (χ0) is 13.6. The fraction of sp³-hybridized carbons (Fsp3) is 0.500. The highest BCUT2D eigenvalue weighted by Crippen LogP contribution is 2.22. The molecule has 0 unspecified atom stereocenters. The van der Waals surface area contributed by atoms with E-state index in [0.29, 0.717) is 6.54 Å². The van der Waals surface area contributed by atoms with Gasteiger partial charge in [-0.1, -0.05) is 41.9 Å². The topological polar surface area (TPSA) is 29.1 Å². The van der Waals surface area contributed by atoms with Crippen LogP contribution in [0.5, 0.6) is 0 Å². The molecular weight excluding hydrogens is 310 g/mol. The average molecular weight is 330 g/mol. The molecule has 100 valence electrons. The van der Waals surface area contributed by atoms with Crippen molar-refractivity contribution in [2.45, 2.75) is 25.2 Å². The summed E-state index contributed by atoms with van der Waals surface area (Å²) in [6.07, 6.45) is 3.03. The SMILES string of the molecule is CSc1ccccc1C(=O)NCC(C)(C)CCBr. The van der Waals surface area contributed by atoms with Crippen LogP contribution in [0.15, 0.2) is 29.2 Å². The summed E-state index contributed by atoms with van der Waals surface area (Å²) >= 11 is 5.04. The van der Waals surface area contributed by atoms with Gasteiger partial charge in [0.05, 0.1) is 5.56 Å². The van der Waals surface area contributed by atoms with Gasteiger partial charge in [-0.3, -0.25) is 4.79 Å². The van der Waals surface area contributed by atoms with Crippen LogP contribution in [-0.2, 0) is 0 Å². The maximum Gasteiger partial charge on any atom is 0.252 e. The van der Waals surface area contributed by atoms with Gasteiger partial charge in [-0.25, -0.2) is 0 Å². The normalized spacial score (nSPS) is 11.3. The molecule has 0 aliphatic heterocycles. The first-order valence-electron chi connectivity index (χ1n) is 5.97. The highest BCUT2D eigenvalue weighted by Gasteiger charge is 2.19. The molecule has 0 saturated carbocycles. The Balaban J connectivity index is 2.66. The van der Waals surface area contributed by atoms with Gasteiger partial charge in [-0.05, 0) is 30.2 Å². The van der Waals surface area contributed by atoms with Gasteiger partial charge in [-0.2, -0.15) is 0 Å². The Kier molecular flexibility index (Phi) is 6.22. The minimum Gasteiger partial charge on any atom is -0.351 e. The molecular formula is C14H20BrNOS. The van der Waals surface area contributed by atoms with Crippen LogP contribution in [0.4, 0.5) is 0 Å². The summed E-state index contributed by atoms with van der Waals surface area (Å²) in [6, 6.07) is 7.71. The number of benzene rings is 1. The molecule has 18 heavy (non-hydrogen) atoms. The van der Waals surface area contributed by atoms with E-state index in [0.717, 1.165) is 22.2 Å². The summed E-state index contributed by atoms with van der Waals surface area (Å²) in [6.45, 7) is 5.02. The molecule has 0 radical (unpaired) electrons. The molecule has 1 aromatic rings. The highest BCUT2D eigenvalue weighted by molar-refractivity contribution is 9.09. The standard InChI is InChI=1S/C14H20BrNOS/c1-14(2,8-9-15)10-16-13(17)11-6-4-5-7-12(11)18-3/h4-7H,8-10H2,1-3H3,(H,16,17). The molecule has 1 N–H and O–H groups in total. The quantitative estimate of drug-likeness (QED) is 0.632. The van der Waals surface area contributed by atoms with Crippen LogP contribution in [0.25, 0.3) is 0 Å². The second-order valence-corrected chi connectivity index (χ2v) is 6.63. The zero-order valence-electron chi connectivity index (χ0n) is 11.1. The third-order valence-electron chi connectivity index (χ3n) is 2.85. The van der Waals surface area contributed by atoms with Crippen molar-refractivity contribution < 1.29 is 4.79 Å². The van der Waals surface area contributed by atoms with Gasteiger partial charge in [0, 0.05) is 16.8 Å². The van der Waals surface area contributed by atoms with Crippen molar-refractivity contribution in [3.05, 3.63) is 29.8 Å². The van der Waals surface area contributed by atoms with Gasteiger partial charge in [0.2, 0.25) is 0 Å². The molecule has 4 heteroatoms. The molecule has 0 fully saturated rings. The molecule has 1 amide bonds. The Hall–Kier alpha value is -0.480. The van der Waals surface area contributed by atoms with Crippen LogP contribution in [0.1, 0.15) is 30.6 Å². The molecule has 0 bridgehead atoms. The van der Waals surface area contributed by atoms with E-state index in [1.165, 1.54) is 0 Å². The molecule has 0 aliphatic carbocycles. The number of hydrogen-bond acceptors (Lipinski definition) is 2. The zero-order valence-corrected chi connectivity index (χ0v) is 13.5. The monoisotopic (exact) mass is 329 g/mol. The lowest BCUT2D eigenvalue weighted by Crippen LogP contribution is -2.34. The maximum atomic E-state index is 12.1. The van der Waals surface area contributed by atoms with E-state index in [1.807, 2.05) is 30.5 Å². The van der Waals surface area contributed by atoms with Crippen molar-refractivity contribution in [3.63, 3.8) is 0 Å². The molecule has 0 aromatic heterocycles. The van der Waals surface area contributed by atoms with Gasteiger partial charge >= 0.3 is 0 Å². The number of thioether (sulfide) groups is 1. The van der Waals surface area contributed by atoms with E-state index in [1.54, 1.807) is 11.8 Å². The predicted molar refractivity (Wildman–Crippen MR) is 82.7 cm³/mol. The lowest BCUT2D eigenvalue weighted by Gasteiger charge is -2.24. The molecule has 1 aromatic carbocycles. The molecule has 0 spiro atoms. The minimum absolute atomic E-state index is 0.0163. The maximum absolute atomic E-state index is 12.1. The molecule has 0 heterocycles. The number of rotatable bonds is 6. The van der Waals surface area contributed by atoms with E-state index >= 15 is 0 Å². The number of amides is 1. The number of carbonyl (C=O) groups excluding carboxylic acids is 1. The Labute approximate surface area is 122 Å². The van der Waals surface area contributed by atoms with Crippen LogP contribution in [0, 0.1) is 5.41 Å². The lowest BCUT2D eigenvalue weighted by molar-refractivity contribution is 0.0933. The Morgan fingerprint density at radius 2 is 2.06 bits per heavy atom. The molecule has 2 nitrogen and oxygen atoms in total. The highest BCUT2D eigenvalue weighted by atomic mass is 79.9. The van der Waals surface area contributed by atoms with Gasteiger partial charge in [0.15, 0.2) is 0 Å². The smallest absolute Gasteiger partial charge is 0.252 e. The third kappa shape index (κ3) is 4.65. The Bertz CT molecular complexity index is 407. The number of hydrogen-bond donors (Lipinski definition) is 1. The lowest BCUT2D eigenvalue weighted by atomic mass is 9.90. The Morgan fingerprint density at radius 3 is 2.67 bits per heavy atom. The van der Waals surface area contributed by atoms with Crippen LogP contribution in [0.3, 0.4) is 0 Å². The van der Waals surface area contributed by atoms with Crippen LogP contribution in [0.2, 0.25) is 0 Å². The number of alkyl halides is 1. The van der Waals surface area contributed by atoms with E-state index in [-0.39, 0.29) is 11.3 Å². The summed E-state index contributed by atoms with van der Waals surface area (Å²) in [7, 11) is 0. The summed E-state index contributed by atoms with van der Waals surface area (Å²) in [4.78, 5) is 13.2. The average Bonchev–Trinajstić information content (AvgIpc) is 2.36. The summed E-state index contributed by atoms with van der Waals surface area (Å²) in [5, 5.41) is 3.98. The van der Waals surface area contributed by atoms with E-state index < -0.39 is 0 Å². The number of carbonyl (C=O) groups is 1. The fourth-order valence-corrected chi connectivity index (χ4v) is 3.26. The van der Waals surface area contributed by atoms with Gasteiger partial charge in [-0.15, -0.1) is 11.8 Å². The van der Waals surface area contributed by atoms with E-state index in [2.05, 4.69) is 35.1 Å². The van der Waals surface area contributed by atoms with Crippen molar-refractivity contribution in [2.75, 3.05) is 18.1 Å². The second kappa shape index (κ2) is 7.19. The fourth-order valence-electron chi connectivity index (χ4n) is 1.59. The van der Waals surface area contributed by atoms with Crippen LogP contribution in [-0.4, -0.2) is 24.0 Å². The van der Waals surface area contributed by atoms with Gasteiger partial charge in [0.1, 0.15) is 0 Å². The molecule has 1 rings (SSSR count). The van der Waals surface area contributed by atoms with Crippen molar-refractivity contribution >= 4 is 33.6 Å². The first-order chi connectivity index (χ1) is 8.50. The van der Waals surface area contributed by atoms with Crippen molar-refractivity contribution in [2.24, 2.45) is 5.41 Å². The number of nitrogens with one attached hydrogen (secondary N) is 1. The summed E-state index contributed by atoms with van der Waals surface area (Å²) < 4.78 is 0. The second-order valence-electron chi connectivity index (χ2n) is 4.99. The predicted octanol–water partition coefficient (Wildman–Crippen LogP) is 3.95. The van der Waals surface area contributed by atoms with Gasteiger partial charge < -0.3 is 5.32 Å².